The molecule has 8 nitrogen and oxygen atoms in total. The zero-order valence-electron chi connectivity index (χ0n) is 11.1. The van der Waals surface area contributed by atoms with Gasteiger partial charge in [-0.2, -0.15) is 0 Å². The number of carbonyl (C=O) groups excluding carboxylic acids is 1. The number of aromatic nitrogens is 4. The summed E-state index contributed by atoms with van der Waals surface area (Å²) >= 11 is 0. The molecule has 2 heterocycles. The van der Waals surface area contributed by atoms with E-state index in [9.17, 15) is 4.79 Å². The molecule has 0 saturated heterocycles. The molecule has 1 aromatic carbocycles. The third-order valence-corrected chi connectivity index (χ3v) is 2.35. The molecule has 0 bridgehead atoms. The van der Waals surface area contributed by atoms with Crippen LogP contribution < -0.4 is 10.5 Å². The molecule has 108 valence electrons. The maximum Gasteiger partial charge on any atom is 0.308 e. The molecule has 0 saturated carbocycles. The molecule has 0 aliphatic heterocycles. The highest BCUT2D eigenvalue weighted by atomic mass is 16.5. The first kappa shape index (κ1) is 14.3. The number of esters is 1. The fourth-order valence-corrected chi connectivity index (χ4v) is 1.46. The highest BCUT2D eigenvalue weighted by molar-refractivity contribution is 5.80. The number of nitrogens with one attached hydrogen (secondary N) is 1. The molecule has 3 aromatic rings. The van der Waals surface area contributed by atoms with Gasteiger partial charge in [-0.05, 0) is 24.3 Å². The Morgan fingerprint density at radius 2 is 1.95 bits per heavy atom. The van der Waals surface area contributed by atoms with Crippen LogP contribution in [-0.4, -0.2) is 31.0 Å². The fraction of sp³-hybridized carbons (Fsp3) is 0.0769. The Labute approximate surface area is 119 Å². The first-order chi connectivity index (χ1) is 10.1. The molecule has 0 fully saturated rings. The second kappa shape index (κ2) is 6.33. The number of ether oxygens (including phenoxy) is 1. The van der Waals surface area contributed by atoms with Crippen molar-refractivity contribution >= 4 is 23.0 Å². The van der Waals surface area contributed by atoms with Crippen molar-refractivity contribution in [3.8, 4) is 11.5 Å². The van der Waals surface area contributed by atoms with E-state index in [-0.39, 0.29) is 11.7 Å². The summed E-state index contributed by atoms with van der Waals surface area (Å²) in [4.78, 5) is 24.8. The lowest BCUT2D eigenvalue weighted by molar-refractivity contribution is -0.131. The van der Waals surface area contributed by atoms with E-state index in [1.165, 1.54) is 43.8 Å². The van der Waals surface area contributed by atoms with Crippen LogP contribution in [-0.2, 0) is 4.79 Å². The van der Waals surface area contributed by atoms with Gasteiger partial charge in [-0.3, -0.25) is 4.79 Å². The zero-order chi connectivity index (χ0) is 15.2. The van der Waals surface area contributed by atoms with Crippen LogP contribution in [0.25, 0.3) is 11.2 Å². The number of aromatic amines is 1. The lowest BCUT2D eigenvalue weighted by Crippen LogP contribution is -2.00. The van der Waals surface area contributed by atoms with Gasteiger partial charge < -0.3 is 20.6 Å². The van der Waals surface area contributed by atoms with Gasteiger partial charge in [0.25, 0.3) is 0 Å². The van der Waals surface area contributed by atoms with Crippen molar-refractivity contribution in [2.75, 3.05) is 5.73 Å². The number of aromatic hydroxyl groups is 1. The number of carbonyl (C=O) groups is 1. The normalized spacial score (nSPS) is 9.76. The van der Waals surface area contributed by atoms with Crippen LogP contribution in [0.2, 0.25) is 0 Å². The zero-order valence-corrected chi connectivity index (χ0v) is 11.1. The molecule has 0 unspecified atom stereocenters. The van der Waals surface area contributed by atoms with E-state index < -0.39 is 0 Å². The first-order valence-electron chi connectivity index (χ1n) is 5.93. The molecule has 2 aromatic heterocycles. The average Bonchev–Trinajstić information content (AvgIpc) is 2.92. The maximum absolute atomic E-state index is 10.4. The molecule has 0 atom stereocenters. The van der Waals surface area contributed by atoms with E-state index in [1.807, 2.05) is 0 Å². The number of nitrogens with zero attached hydrogens (tertiary/aromatic N) is 3. The van der Waals surface area contributed by atoms with Gasteiger partial charge in [0, 0.05) is 6.92 Å². The van der Waals surface area contributed by atoms with Gasteiger partial charge in [-0.15, -0.1) is 0 Å². The molecular formula is C13H13N5O3. The highest BCUT2D eigenvalue weighted by Gasteiger charge is 1.99. The number of H-pyrrole nitrogens is 1. The van der Waals surface area contributed by atoms with E-state index in [2.05, 4.69) is 19.9 Å². The van der Waals surface area contributed by atoms with E-state index >= 15 is 0 Å². The van der Waals surface area contributed by atoms with Gasteiger partial charge in [-0.1, -0.05) is 0 Å². The predicted octanol–water partition coefficient (Wildman–Crippen LogP) is 1.25. The summed E-state index contributed by atoms with van der Waals surface area (Å²) in [6.07, 6.45) is 2.92. The summed E-state index contributed by atoms with van der Waals surface area (Å²) in [5.74, 6) is 0.661. The molecule has 4 N–H and O–H groups in total. The Morgan fingerprint density at radius 1 is 1.24 bits per heavy atom. The minimum atomic E-state index is -0.365. The SMILES string of the molecule is CC(=O)Oc1ccc(O)cc1.Nc1ncnc2nc[nH]c12. The van der Waals surface area contributed by atoms with Crippen molar-refractivity contribution in [2.24, 2.45) is 0 Å². The first-order valence-corrected chi connectivity index (χ1v) is 5.93. The van der Waals surface area contributed by atoms with Gasteiger partial charge in [0.1, 0.15) is 23.3 Å². The van der Waals surface area contributed by atoms with Gasteiger partial charge in [0.2, 0.25) is 0 Å². The van der Waals surface area contributed by atoms with E-state index in [0.717, 1.165) is 0 Å². The Balaban J connectivity index is 0.000000154. The summed E-state index contributed by atoms with van der Waals surface area (Å²) in [7, 11) is 0. The molecule has 8 heteroatoms. The summed E-state index contributed by atoms with van der Waals surface area (Å²) in [6.45, 7) is 1.33. The van der Waals surface area contributed by atoms with Crippen molar-refractivity contribution in [3.63, 3.8) is 0 Å². The van der Waals surface area contributed by atoms with Crippen molar-refractivity contribution in [3.05, 3.63) is 36.9 Å². The number of hydrogen-bond donors (Lipinski definition) is 3. The number of anilines is 1. The summed E-state index contributed by atoms with van der Waals surface area (Å²) in [5.41, 5.74) is 6.78. The number of rotatable bonds is 1. The molecule has 0 aliphatic carbocycles. The standard InChI is InChI=1S/C8H8O3.C5H5N5/c1-6(9)11-8-4-2-7(10)3-5-8;6-4-3-5(9-1-7-3)10-2-8-4/h2-5,10H,1H3;1-2H,(H3,6,7,8,9,10). The minimum absolute atomic E-state index is 0.154. The van der Waals surface area contributed by atoms with Crippen LogP contribution in [0, 0.1) is 0 Å². The van der Waals surface area contributed by atoms with Crippen molar-refractivity contribution in [2.45, 2.75) is 6.92 Å². The predicted molar refractivity (Wildman–Crippen MR) is 75.5 cm³/mol. The molecule has 3 rings (SSSR count). The number of imidazole rings is 1. The highest BCUT2D eigenvalue weighted by Crippen LogP contribution is 2.15. The molecule has 0 amide bonds. The minimum Gasteiger partial charge on any atom is -0.508 e. The van der Waals surface area contributed by atoms with Gasteiger partial charge in [-0.25, -0.2) is 15.0 Å². The summed E-state index contributed by atoms with van der Waals surface area (Å²) in [5, 5.41) is 8.85. The Morgan fingerprint density at radius 3 is 2.57 bits per heavy atom. The van der Waals surface area contributed by atoms with Gasteiger partial charge >= 0.3 is 5.97 Å². The fourth-order valence-electron chi connectivity index (χ4n) is 1.46. The Hall–Kier alpha value is -3.16. The molecule has 0 aliphatic rings. The largest absolute Gasteiger partial charge is 0.508 e. The quantitative estimate of drug-likeness (QED) is 0.454. The number of nitrogens with two attached hydrogens (primary N) is 1. The van der Waals surface area contributed by atoms with E-state index in [1.54, 1.807) is 0 Å². The van der Waals surface area contributed by atoms with E-state index in [0.29, 0.717) is 22.7 Å². The van der Waals surface area contributed by atoms with E-state index in [4.69, 9.17) is 15.6 Å². The number of benzene rings is 1. The van der Waals surface area contributed by atoms with Crippen LogP contribution in [0.5, 0.6) is 11.5 Å². The number of nitrogen functional groups attached to an aromatic ring is 1. The third kappa shape index (κ3) is 3.90. The lowest BCUT2D eigenvalue weighted by atomic mass is 10.3. The van der Waals surface area contributed by atoms with Gasteiger partial charge in [0.15, 0.2) is 11.5 Å². The number of fused-ring (bicyclic) bond motifs is 1. The van der Waals surface area contributed by atoms with Crippen molar-refractivity contribution in [1.29, 1.82) is 0 Å². The van der Waals surface area contributed by atoms with Crippen molar-refractivity contribution in [1.82, 2.24) is 19.9 Å². The smallest absolute Gasteiger partial charge is 0.308 e. The second-order valence-corrected chi connectivity index (χ2v) is 3.95. The van der Waals surface area contributed by atoms with Gasteiger partial charge in [0.05, 0.1) is 6.33 Å². The third-order valence-electron chi connectivity index (χ3n) is 2.35. The van der Waals surface area contributed by atoms with Crippen LogP contribution in [0.1, 0.15) is 6.92 Å². The number of hydrogen-bond acceptors (Lipinski definition) is 7. The number of phenols is 1. The maximum atomic E-state index is 10.4. The summed E-state index contributed by atoms with van der Waals surface area (Å²) in [6, 6.07) is 5.96. The molecular weight excluding hydrogens is 274 g/mol. The van der Waals surface area contributed by atoms with Crippen molar-refractivity contribution < 1.29 is 14.6 Å². The van der Waals surface area contributed by atoms with Crippen LogP contribution >= 0.6 is 0 Å². The van der Waals surface area contributed by atoms with Crippen LogP contribution in [0.3, 0.4) is 0 Å². The Bertz CT molecular complexity index is 739. The monoisotopic (exact) mass is 287 g/mol. The topological polar surface area (TPSA) is 127 Å². The molecule has 21 heavy (non-hydrogen) atoms. The lowest BCUT2D eigenvalue weighted by Gasteiger charge is -1.99. The molecule has 0 spiro atoms. The van der Waals surface area contributed by atoms with Crippen LogP contribution in [0.4, 0.5) is 5.82 Å². The van der Waals surface area contributed by atoms with Crippen LogP contribution in [0.15, 0.2) is 36.9 Å². The second-order valence-electron chi connectivity index (χ2n) is 3.95. The number of phenolic OH excluding ortho intramolecular Hbond substituents is 1. The Kier molecular flexibility index (Phi) is 4.30. The molecule has 0 radical (unpaired) electrons. The summed E-state index contributed by atoms with van der Waals surface area (Å²) < 4.78 is 4.72. The average molecular weight is 287 g/mol.